The summed E-state index contributed by atoms with van der Waals surface area (Å²) in [4.78, 5) is 5.52. The van der Waals surface area contributed by atoms with Gasteiger partial charge in [-0.3, -0.25) is 4.68 Å². The van der Waals surface area contributed by atoms with E-state index in [1.54, 1.807) is 11.8 Å². The Morgan fingerprint density at radius 2 is 2.24 bits per heavy atom. The summed E-state index contributed by atoms with van der Waals surface area (Å²) in [7, 11) is 1.93. The first-order valence-corrected chi connectivity index (χ1v) is 6.56. The molecule has 0 bridgehead atoms. The number of nitrogens with one attached hydrogen (secondary N) is 1. The van der Waals surface area contributed by atoms with Crippen molar-refractivity contribution >= 4 is 17.6 Å². The molecule has 2 rings (SSSR count). The molecule has 2 aromatic heterocycles. The highest BCUT2D eigenvalue weighted by Gasteiger charge is 1.99. The maximum absolute atomic E-state index is 4.34. The molecule has 5 heteroatoms. The smallest absolute Gasteiger partial charge is 0.125 e. The van der Waals surface area contributed by atoms with E-state index in [4.69, 9.17) is 0 Å². The van der Waals surface area contributed by atoms with E-state index in [0.717, 1.165) is 18.1 Å². The fourth-order valence-corrected chi connectivity index (χ4v) is 2.29. The van der Waals surface area contributed by atoms with Gasteiger partial charge in [-0.2, -0.15) is 5.10 Å². The third kappa shape index (κ3) is 3.49. The molecule has 2 aromatic rings. The number of anilines is 1. The molecule has 2 heterocycles. The lowest BCUT2D eigenvalue weighted by Gasteiger charge is -2.03. The number of aryl methyl sites for hydroxylation is 1. The average Bonchev–Trinajstić information content (AvgIpc) is 2.75. The summed E-state index contributed by atoms with van der Waals surface area (Å²) >= 11 is 1.77. The summed E-state index contributed by atoms with van der Waals surface area (Å²) in [6.07, 6.45) is 5.82. The number of hydrogen-bond acceptors (Lipinski definition) is 4. The second-order valence-electron chi connectivity index (χ2n) is 3.72. The van der Waals surface area contributed by atoms with Crippen molar-refractivity contribution in [1.82, 2.24) is 14.8 Å². The van der Waals surface area contributed by atoms with Crippen molar-refractivity contribution < 1.29 is 0 Å². The first kappa shape index (κ1) is 12.0. The summed E-state index contributed by atoms with van der Waals surface area (Å²) in [6, 6.07) is 4.12. The Morgan fingerprint density at radius 1 is 1.35 bits per heavy atom. The van der Waals surface area contributed by atoms with Crippen LogP contribution in [-0.2, 0) is 12.8 Å². The van der Waals surface area contributed by atoms with Crippen LogP contribution < -0.4 is 5.32 Å². The molecular weight excluding hydrogens is 232 g/mol. The summed E-state index contributed by atoms with van der Waals surface area (Å²) in [6.45, 7) is 2.96. The van der Waals surface area contributed by atoms with Crippen LogP contribution >= 0.6 is 11.8 Å². The number of rotatable bonds is 5. The Kier molecular flexibility index (Phi) is 4.03. The zero-order valence-electron chi connectivity index (χ0n) is 10.1. The summed E-state index contributed by atoms with van der Waals surface area (Å²) < 4.78 is 1.81. The Morgan fingerprint density at radius 3 is 2.82 bits per heavy atom. The second kappa shape index (κ2) is 5.72. The van der Waals surface area contributed by atoms with Gasteiger partial charge in [-0.25, -0.2) is 4.98 Å². The average molecular weight is 248 g/mol. The minimum atomic E-state index is 0.900. The molecule has 0 saturated carbocycles. The van der Waals surface area contributed by atoms with Crippen LogP contribution in [0.5, 0.6) is 0 Å². The Bertz CT molecular complexity index is 464. The molecule has 0 fully saturated rings. The van der Waals surface area contributed by atoms with Crippen molar-refractivity contribution in [2.45, 2.75) is 17.6 Å². The summed E-state index contributed by atoms with van der Waals surface area (Å²) in [5.41, 5.74) is 1.22. The van der Waals surface area contributed by atoms with Crippen LogP contribution in [0.2, 0.25) is 0 Å². The largest absolute Gasteiger partial charge is 0.370 e. The Hall–Kier alpha value is -1.49. The fourth-order valence-electron chi connectivity index (χ4n) is 1.44. The van der Waals surface area contributed by atoms with Gasteiger partial charge in [0.1, 0.15) is 5.82 Å². The standard InChI is InChI=1S/C12H16N4S/c1-3-13-12-5-4-10(6-14-12)9-17-11-7-15-16(2)8-11/h4-8H,3,9H2,1-2H3,(H,13,14). The van der Waals surface area contributed by atoms with Crippen LogP contribution in [0.4, 0.5) is 5.82 Å². The van der Waals surface area contributed by atoms with Gasteiger partial charge in [0, 0.05) is 36.6 Å². The fraction of sp³-hybridized carbons (Fsp3) is 0.333. The molecule has 90 valence electrons. The number of nitrogens with zero attached hydrogens (tertiary/aromatic N) is 3. The minimum absolute atomic E-state index is 0.900. The van der Waals surface area contributed by atoms with E-state index in [9.17, 15) is 0 Å². The first-order chi connectivity index (χ1) is 8.28. The minimum Gasteiger partial charge on any atom is -0.370 e. The van der Waals surface area contributed by atoms with Gasteiger partial charge >= 0.3 is 0 Å². The lowest BCUT2D eigenvalue weighted by molar-refractivity contribution is 0.766. The van der Waals surface area contributed by atoms with E-state index in [1.165, 1.54) is 10.5 Å². The van der Waals surface area contributed by atoms with Crippen molar-refractivity contribution in [2.24, 2.45) is 7.05 Å². The number of thioether (sulfide) groups is 1. The van der Waals surface area contributed by atoms with Crippen molar-refractivity contribution in [3.05, 3.63) is 36.3 Å². The van der Waals surface area contributed by atoms with E-state index >= 15 is 0 Å². The molecule has 0 spiro atoms. The first-order valence-electron chi connectivity index (χ1n) is 5.58. The summed E-state index contributed by atoms with van der Waals surface area (Å²) in [5, 5.41) is 7.32. The monoisotopic (exact) mass is 248 g/mol. The Labute approximate surface area is 105 Å². The van der Waals surface area contributed by atoms with Crippen LogP contribution in [-0.4, -0.2) is 21.3 Å². The van der Waals surface area contributed by atoms with Crippen LogP contribution in [0.25, 0.3) is 0 Å². The molecule has 0 saturated heterocycles. The van der Waals surface area contributed by atoms with Gasteiger partial charge in [0.15, 0.2) is 0 Å². The van der Waals surface area contributed by atoms with Crippen molar-refractivity contribution in [2.75, 3.05) is 11.9 Å². The van der Waals surface area contributed by atoms with Crippen molar-refractivity contribution in [3.63, 3.8) is 0 Å². The number of hydrogen-bond donors (Lipinski definition) is 1. The molecule has 0 unspecified atom stereocenters. The van der Waals surface area contributed by atoms with Gasteiger partial charge in [0.2, 0.25) is 0 Å². The predicted octanol–water partition coefficient (Wildman–Crippen LogP) is 2.54. The Balaban J connectivity index is 1.90. The maximum atomic E-state index is 4.34. The molecule has 0 radical (unpaired) electrons. The van der Waals surface area contributed by atoms with E-state index in [2.05, 4.69) is 28.4 Å². The van der Waals surface area contributed by atoms with E-state index < -0.39 is 0 Å². The lowest BCUT2D eigenvalue weighted by atomic mass is 10.3. The molecule has 0 aliphatic carbocycles. The molecule has 0 aliphatic rings. The topological polar surface area (TPSA) is 42.7 Å². The highest BCUT2D eigenvalue weighted by Crippen LogP contribution is 2.21. The van der Waals surface area contributed by atoms with Gasteiger partial charge in [-0.1, -0.05) is 6.07 Å². The molecule has 0 aliphatic heterocycles. The van der Waals surface area contributed by atoms with E-state index in [-0.39, 0.29) is 0 Å². The van der Waals surface area contributed by atoms with Gasteiger partial charge in [-0.05, 0) is 18.6 Å². The molecule has 1 N–H and O–H groups in total. The van der Waals surface area contributed by atoms with Gasteiger partial charge in [0.25, 0.3) is 0 Å². The van der Waals surface area contributed by atoms with Crippen LogP contribution in [0.3, 0.4) is 0 Å². The zero-order valence-corrected chi connectivity index (χ0v) is 10.9. The molecule has 0 amide bonds. The third-order valence-corrected chi connectivity index (χ3v) is 3.29. The zero-order chi connectivity index (χ0) is 12.1. The third-order valence-electron chi connectivity index (χ3n) is 2.27. The second-order valence-corrected chi connectivity index (χ2v) is 4.77. The molecule has 4 nitrogen and oxygen atoms in total. The molecule has 17 heavy (non-hydrogen) atoms. The SMILES string of the molecule is CCNc1ccc(CSc2cnn(C)c2)cn1. The van der Waals surface area contributed by atoms with Crippen LogP contribution in [0.15, 0.2) is 35.6 Å². The highest BCUT2D eigenvalue weighted by atomic mass is 32.2. The normalized spacial score (nSPS) is 10.5. The maximum Gasteiger partial charge on any atom is 0.125 e. The molecule has 0 atom stereocenters. The number of aromatic nitrogens is 3. The van der Waals surface area contributed by atoms with Gasteiger partial charge in [-0.15, -0.1) is 11.8 Å². The molecular formula is C12H16N4S. The highest BCUT2D eigenvalue weighted by molar-refractivity contribution is 7.98. The van der Waals surface area contributed by atoms with Crippen molar-refractivity contribution in [3.8, 4) is 0 Å². The summed E-state index contributed by atoms with van der Waals surface area (Å²) in [5.74, 6) is 1.85. The molecule has 0 aromatic carbocycles. The van der Waals surface area contributed by atoms with Crippen LogP contribution in [0.1, 0.15) is 12.5 Å². The van der Waals surface area contributed by atoms with Crippen LogP contribution in [0, 0.1) is 0 Å². The predicted molar refractivity (Wildman–Crippen MR) is 71.2 cm³/mol. The van der Waals surface area contributed by atoms with E-state index in [0.29, 0.717) is 0 Å². The quantitative estimate of drug-likeness (QED) is 0.826. The van der Waals surface area contributed by atoms with Crippen molar-refractivity contribution in [1.29, 1.82) is 0 Å². The lowest BCUT2D eigenvalue weighted by Crippen LogP contribution is -1.98. The van der Waals surface area contributed by atoms with E-state index in [1.807, 2.05) is 36.4 Å². The van der Waals surface area contributed by atoms with Gasteiger partial charge in [0.05, 0.1) is 6.20 Å². The van der Waals surface area contributed by atoms with Gasteiger partial charge < -0.3 is 5.32 Å². The number of pyridine rings is 1.